The minimum absolute atomic E-state index is 0.0605. The fourth-order valence-electron chi connectivity index (χ4n) is 2.26. The molecule has 1 atom stereocenters. The summed E-state index contributed by atoms with van der Waals surface area (Å²) in [6, 6.07) is 5.87. The van der Waals surface area contributed by atoms with Gasteiger partial charge in [0.1, 0.15) is 0 Å². The number of rotatable bonds is 3. The summed E-state index contributed by atoms with van der Waals surface area (Å²) in [5.74, 6) is 0.700. The molecule has 3 heteroatoms. The fourth-order valence-corrected chi connectivity index (χ4v) is 2.54. The van der Waals surface area contributed by atoms with Gasteiger partial charge >= 0.3 is 0 Å². The molecule has 1 aliphatic rings. The van der Waals surface area contributed by atoms with Crippen LogP contribution in [-0.2, 0) is 13.0 Å². The van der Waals surface area contributed by atoms with Crippen molar-refractivity contribution in [1.82, 2.24) is 5.32 Å². The molecule has 0 bridgehead atoms. The maximum atomic E-state index is 9.01. The lowest BCUT2D eigenvalue weighted by atomic mass is 9.92. The Morgan fingerprint density at radius 2 is 2.31 bits per heavy atom. The minimum atomic E-state index is 0.0605. The third-order valence-corrected chi connectivity index (χ3v) is 3.56. The lowest BCUT2D eigenvalue weighted by Gasteiger charge is -2.23. The quantitative estimate of drug-likeness (QED) is 0.849. The number of hydrogen-bond donors (Lipinski definition) is 2. The van der Waals surface area contributed by atoms with E-state index in [1.807, 2.05) is 18.2 Å². The zero-order valence-corrected chi connectivity index (χ0v) is 10.1. The van der Waals surface area contributed by atoms with Crippen molar-refractivity contribution in [3.8, 4) is 0 Å². The van der Waals surface area contributed by atoms with Gasteiger partial charge in [0, 0.05) is 5.02 Å². The van der Waals surface area contributed by atoms with Gasteiger partial charge in [0.25, 0.3) is 0 Å². The van der Waals surface area contributed by atoms with Crippen LogP contribution in [0.1, 0.15) is 24.0 Å². The van der Waals surface area contributed by atoms with E-state index in [0.717, 1.165) is 30.1 Å². The van der Waals surface area contributed by atoms with Crippen LogP contribution >= 0.6 is 11.6 Å². The van der Waals surface area contributed by atoms with Gasteiger partial charge in [-0.3, -0.25) is 0 Å². The molecule has 2 N–H and O–H groups in total. The molecule has 1 aromatic carbocycles. The summed E-state index contributed by atoms with van der Waals surface area (Å²) in [6.07, 6.45) is 3.58. The summed E-state index contributed by atoms with van der Waals surface area (Å²) in [7, 11) is 0. The Hall–Kier alpha value is -0.570. The van der Waals surface area contributed by atoms with E-state index in [2.05, 4.69) is 5.32 Å². The summed E-state index contributed by atoms with van der Waals surface area (Å²) in [6.45, 7) is 2.30. The number of benzene rings is 1. The first-order valence-electron chi connectivity index (χ1n) is 5.88. The Morgan fingerprint density at radius 3 is 2.94 bits per heavy atom. The van der Waals surface area contributed by atoms with E-state index in [-0.39, 0.29) is 6.61 Å². The van der Waals surface area contributed by atoms with Crippen molar-refractivity contribution in [3.63, 3.8) is 0 Å². The van der Waals surface area contributed by atoms with Crippen molar-refractivity contribution >= 4 is 11.6 Å². The van der Waals surface area contributed by atoms with Gasteiger partial charge in [-0.25, -0.2) is 0 Å². The van der Waals surface area contributed by atoms with E-state index in [9.17, 15) is 0 Å². The first kappa shape index (κ1) is 11.9. The number of piperidine rings is 1. The second-order valence-corrected chi connectivity index (χ2v) is 4.91. The highest BCUT2D eigenvalue weighted by Gasteiger charge is 2.14. The van der Waals surface area contributed by atoms with Crippen LogP contribution in [0.25, 0.3) is 0 Å². The highest BCUT2D eigenvalue weighted by molar-refractivity contribution is 6.31. The van der Waals surface area contributed by atoms with E-state index in [1.165, 1.54) is 18.4 Å². The lowest BCUT2D eigenvalue weighted by Crippen LogP contribution is -2.30. The Morgan fingerprint density at radius 1 is 1.44 bits per heavy atom. The van der Waals surface area contributed by atoms with Gasteiger partial charge in [-0.15, -0.1) is 0 Å². The van der Waals surface area contributed by atoms with Crippen LogP contribution < -0.4 is 5.32 Å². The molecule has 1 fully saturated rings. The average molecular weight is 240 g/mol. The van der Waals surface area contributed by atoms with Gasteiger partial charge in [-0.05, 0) is 55.5 Å². The summed E-state index contributed by atoms with van der Waals surface area (Å²) >= 11 is 6.20. The van der Waals surface area contributed by atoms with Crippen LogP contribution in [0.5, 0.6) is 0 Å². The average Bonchev–Trinajstić information content (AvgIpc) is 2.33. The van der Waals surface area contributed by atoms with Gasteiger partial charge in [0.15, 0.2) is 0 Å². The van der Waals surface area contributed by atoms with Gasteiger partial charge in [-0.1, -0.05) is 23.7 Å². The van der Waals surface area contributed by atoms with Gasteiger partial charge < -0.3 is 10.4 Å². The molecular weight excluding hydrogens is 222 g/mol. The fraction of sp³-hybridized carbons (Fsp3) is 0.538. The number of hydrogen-bond acceptors (Lipinski definition) is 2. The van der Waals surface area contributed by atoms with E-state index in [1.54, 1.807) is 0 Å². The predicted molar refractivity (Wildman–Crippen MR) is 66.7 cm³/mol. The molecule has 0 aliphatic carbocycles. The smallest absolute Gasteiger partial charge is 0.0682 e. The van der Waals surface area contributed by atoms with Crippen molar-refractivity contribution in [2.24, 2.45) is 5.92 Å². The molecule has 2 nitrogen and oxygen atoms in total. The molecule has 1 aliphatic heterocycles. The normalized spacial score (nSPS) is 21.0. The minimum Gasteiger partial charge on any atom is -0.392 e. The van der Waals surface area contributed by atoms with Crippen LogP contribution in [0, 0.1) is 5.92 Å². The van der Waals surface area contributed by atoms with Gasteiger partial charge in [-0.2, -0.15) is 0 Å². The van der Waals surface area contributed by atoms with Gasteiger partial charge in [0.05, 0.1) is 6.61 Å². The second kappa shape index (κ2) is 5.67. The van der Waals surface area contributed by atoms with Crippen LogP contribution in [0.15, 0.2) is 18.2 Å². The summed E-state index contributed by atoms with van der Waals surface area (Å²) in [5.41, 5.74) is 2.09. The van der Waals surface area contributed by atoms with Crippen LogP contribution in [0.4, 0.5) is 0 Å². The Kier molecular flexibility index (Phi) is 4.22. The third-order valence-electron chi connectivity index (χ3n) is 3.21. The number of nitrogens with one attached hydrogen (secondary N) is 1. The standard InChI is InChI=1S/C13H18ClNO/c14-13-7-11(9-16)3-4-12(13)6-10-2-1-5-15-8-10/h3-4,7,10,15-16H,1-2,5-6,8-9H2. The molecular formula is C13H18ClNO. The predicted octanol–water partition coefficient (Wildman–Crippen LogP) is 2.37. The SMILES string of the molecule is OCc1ccc(CC2CCCNC2)c(Cl)c1. The molecule has 1 unspecified atom stereocenters. The van der Waals surface area contributed by atoms with Crippen molar-refractivity contribution in [2.45, 2.75) is 25.9 Å². The summed E-state index contributed by atoms with van der Waals surface area (Å²) in [5, 5.41) is 13.2. The van der Waals surface area contributed by atoms with Crippen molar-refractivity contribution in [2.75, 3.05) is 13.1 Å². The molecule has 1 heterocycles. The number of aliphatic hydroxyl groups is 1. The molecule has 2 rings (SSSR count). The zero-order chi connectivity index (χ0) is 11.4. The zero-order valence-electron chi connectivity index (χ0n) is 9.38. The molecule has 0 aromatic heterocycles. The molecule has 0 amide bonds. The van der Waals surface area contributed by atoms with E-state index in [4.69, 9.17) is 16.7 Å². The molecule has 0 radical (unpaired) electrons. The topological polar surface area (TPSA) is 32.3 Å². The highest BCUT2D eigenvalue weighted by atomic mass is 35.5. The first-order chi connectivity index (χ1) is 7.79. The van der Waals surface area contributed by atoms with Crippen LogP contribution in [0.3, 0.4) is 0 Å². The van der Waals surface area contributed by atoms with E-state index < -0.39 is 0 Å². The molecule has 16 heavy (non-hydrogen) atoms. The molecule has 1 saturated heterocycles. The van der Waals surface area contributed by atoms with E-state index >= 15 is 0 Å². The summed E-state index contributed by atoms with van der Waals surface area (Å²) in [4.78, 5) is 0. The molecule has 0 saturated carbocycles. The first-order valence-corrected chi connectivity index (χ1v) is 6.26. The largest absolute Gasteiger partial charge is 0.392 e. The summed E-state index contributed by atoms with van der Waals surface area (Å²) < 4.78 is 0. The Bertz CT molecular complexity index is 348. The lowest BCUT2D eigenvalue weighted by molar-refractivity contribution is 0.282. The molecule has 0 spiro atoms. The van der Waals surface area contributed by atoms with Crippen LogP contribution in [0.2, 0.25) is 5.02 Å². The molecule has 1 aromatic rings. The van der Waals surface area contributed by atoms with Crippen molar-refractivity contribution in [3.05, 3.63) is 34.3 Å². The second-order valence-electron chi connectivity index (χ2n) is 4.50. The van der Waals surface area contributed by atoms with Crippen molar-refractivity contribution < 1.29 is 5.11 Å². The number of aliphatic hydroxyl groups excluding tert-OH is 1. The Labute approximate surface area is 102 Å². The molecule has 88 valence electrons. The monoisotopic (exact) mass is 239 g/mol. The maximum absolute atomic E-state index is 9.01. The van der Waals surface area contributed by atoms with E-state index in [0.29, 0.717) is 5.92 Å². The number of halogens is 1. The van der Waals surface area contributed by atoms with Crippen LogP contribution in [-0.4, -0.2) is 18.2 Å². The highest BCUT2D eigenvalue weighted by Crippen LogP contribution is 2.23. The maximum Gasteiger partial charge on any atom is 0.0682 e. The third kappa shape index (κ3) is 2.97. The van der Waals surface area contributed by atoms with Gasteiger partial charge in [0.2, 0.25) is 0 Å². The Balaban J connectivity index is 2.03. The van der Waals surface area contributed by atoms with Crippen molar-refractivity contribution in [1.29, 1.82) is 0 Å².